The van der Waals surface area contributed by atoms with E-state index in [4.69, 9.17) is 13.6 Å². The summed E-state index contributed by atoms with van der Waals surface area (Å²) in [7, 11) is 0. The molecule has 1 N–H and O–H groups in total. The molecule has 0 aliphatic rings. The minimum Gasteiger partial charge on any atom is -0.491 e. The van der Waals surface area contributed by atoms with Crippen molar-refractivity contribution >= 4 is 0 Å². The van der Waals surface area contributed by atoms with Gasteiger partial charge in [0.15, 0.2) is 0 Å². The summed E-state index contributed by atoms with van der Waals surface area (Å²) in [6, 6.07) is 15.5. The Labute approximate surface area is 153 Å². The van der Waals surface area contributed by atoms with Crippen LogP contribution < -0.4 is 4.74 Å². The summed E-state index contributed by atoms with van der Waals surface area (Å²) in [5.74, 6) is 3.38. The maximum absolute atomic E-state index is 10.5. The zero-order valence-electron chi connectivity index (χ0n) is 15.2. The summed E-state index contributed by atoms with van der Waals surface area (Å²) in [6.07, 6.45) is 1.03. The van der Waals surface area contributed by atoms with E-state index in [2.05, 4.69) is 4.90 Å². The number of furan rings is 2. The fraction of sp³-hybridized carbons (Fsp3) is 0.333. The number of nitrogens with zero attached hydrogens (tertiary/aromatic N) is 1. The summed E-state index contributed by atoms with van der Waals surface area (Å²) >= 11 is 0. The minimum atomic E-state index is -0.624. The van der Waals surface area contributed by atoms with Gasteiger partial charge in [0.2, 0.25) is 0 Å². The Morgan fingerprint density at radius 1 is 1.00 bits per heavy atom. The first-order chi connectivity index (χ1) is 12.6. The fourth-order valence-electron chi connectivity index (χ4n) is 2.85. The third kappa shape index (κ3) is 5.25. The lowest BCUT2D eigenvalue weighted by Gasteiger charge is -2.23. The van der Waals surface area contributed by atoms with E-state index in [1.165, 1.54) is 0 Å². The van der Waals surface area contributed by atoms with Gasteiger partial charge in [0.1, 0.15) is 35.7 Å². The Hall–Kier alpha value is -2.50. The number of aryl methyl sites for hydroxylation is 2. The van der Waals surface area contributed by atoms with Gasteiger partial charge in [-0.1, -0.05) is 18.2 Å². The normalized spacial score (nSPS) is 12.5. The molecule has 0 aliphatic heterocycles. The van der Waals surface area contributed by atoms with Crippen molar-refractivity contribution in [3.05, 3.63) is 77.6 Å². The molecule has 1 aromatic carbocycles. The zero-order valence-corrected chi connectivity index (χ0v) is 15.2. The quantitative estimate of drug-likeness (QED) is 0.630. The van der Waals surface area contributed by atoms with E-state index >= 15 is 0 Å². The van der Waals surface area contributed by atoms with E-state index in [0.29, 0.717) is 19.6 Å². The molecule has 0 fully saturated rings. The van der Waals surface area contributed by atoms with E-state index in [1.807, 2.05) is 62.4 Å². The molecule has 2 aromatic heterocycles. The van der Waals surface area contributed by atoms with Crippen LogP contribution in [0.2, 0.25) is 0 Å². The molecule has 3 rings (SSSR count). The van der Waals surface area contributed by atoms with Crippen LogP contribution in [0, 0.1) is 13.8 Å². The van der Waals surface area contributed by atoms with Crippen LogP contribution in [0.3, 0.4) is 0 Å². The van der Waals surface area contributed by atoms with Gasteiger partial charge in [-0.25, -0.2) is 0 Å². The van der Waals surface area contributed by atoms with Gasteiger partial charge in [0.05, 0.1) is 19.4 Å². The molecular formula is C21H25NO4. The molecule has 0 spiro atoms. The van der Waals surface area contributed by atoms with Crippen molar-refractivity contribution in [2.45, 2.75) is 33.0 Å². The number of ether oxygens (including phenoxy) is 1. The molecule has 0 aliphatic carbocycles. The Bertz CT molecular complexity index is 794. The van der Waals surface area contributed by atoms with Gasteiger partial charge in [-0.3, -0.25) is 4.90 Å². The second-order valence-electron chi connectivity index (χ2n) is 6.49. The number of benzene rings is 1. The summed E-state index contributed by atoms with van der Waals surface area (Å²) < 4.78 is 16.9. The molecule has 0 amide bonds. The lowest BCUT2D eigenvalue weighted by Crippen LogP contribution is -2.35. The summed E-state index contributed by atoms with van der Waals surface area (Å²) in [5.41, 5.74) is 1.05. The topological polar surface area (TPSA) is 59.0 Å². The Kier molecular flexibility index (Phi) is 6.15. The first-order valence-corrected chi connectivity index (χ1v) is 8.76. The molecule has 2 heterocycles. The van der Waals surface area contributed by atoms with E-state index in [9.17, 15) is 5.11 Å². The minimum absolute atomic E-state index is 0.233. The first kappa shape index (κ1) is 18.3. The van der Waals surface area contributed by atoms with Crippen molar-refractivity contribution in [2.24, 2.45) is 0 Å². The molecule has 0 unspecified atom stereocenters. The molecule has 0 saturated heterocycles. The predicted octanol–water partition coefficient (Wildman–Crippen LogP) is 3.93. The zero-order chi connectivity index (χ0) is 18.4. The van der Waals surface area contributed by atoms with E-state index in [1.54, 1.807) is 6.26 Å². The lowest BCUT2D eigenvalue weighted by molar-refractivity contribution is 0.0577. The Balaban J connectivity index is 1.59. The van der Waals surface area contributed by atoms with E-state index in [-0.39, 0.29) is 6.61 Å². The average Bonchev–Trinajstić information content (AvgIpc) is 3.26. The highest BCUT2D eigenvalue weighted by Crippen LogP contribution is 2.17. The van der Waals surface area contributed by atoms with Crippen LogP contribution >= 0.6 is 0 Å². The second-order valence-corrected chi connectivity index (χ2v) is 6.49. The Morgan fingerprint density at radius 2 is 1.81 bits per heavy atom. The monoisotopic (exact) mass is 355 g/mol. The number of para-hydroxylation sites is 1. The highest BCUT2D eigenvalue weighted by atomic mass is 16.5. The molecule has 138 valence electrons. The van der Waals surface area contributed by atoms with Crippen LogP contribution in [0.1, 0.15) is 22.8 Å². The summed E-state index contributed by atoms with van der Waals surface area (Å²) in [4.78, 5) is 2.09. The van der Waals surface area contributed by atoms with Crippen molar-refractivity contribution in [2.75, 3.05) is 13.2 Å². The molecule has 5 nitrogen and oxygen atoms in total. The van der Waals surface area contributed by atoms with Crippen molar-refractivity contribution in [1.82, 2.24) is 4.90 Å². The molecule has 3 aromatic rings. The van der Waals surface area contributed by atoms with Crippen LogP contribution in [0.4, 0.5) is 0 Å². The number of rotatable bonds is 9. The van der Waals surface area contributed by atoms with Crippen LogP contribution in [0.5, 0.6) is 5.75 Å². The molecule has 5 heteroatoms. The molecule has 1 atom stereocenters. The molecule has 0 bridgehead atoms. The van der Waals surface area contributed by atoms with E-state index < -0.39 is 6.10 Å². The standard InChI is InChI=1S/C21H25NO4/c1-16-6-3-4-8-21(16)25-15-18(23)12-22(13-19-7-5-11-24-19)14-20-10-9-17(2)26-20/h3-11,18,23H,12-15H2,1-2H3/t18-/m1/s1. The molecule has 0 radical (unpaired) electrons. The van der Waals surface area contributed by atoms with Gasteiger partial charge in [0.25, 0.3) is 0 Å². The number of hydrogen-bond acceptors (Lipinski definition) is 5. The van der Waals surface area contributed by atoms with Crippen molar-refractivity contribution < 1.29 is 18.7 Å². The molecular weight excluding hydrogens is 330 g/mol. The smallest absolute Gasteiger partial charge is 0.122 e. The maximum Gasteiger partial charge on any atom is 0.122 e. The maximum atomic E-state index is 10.5. The van der Waals surface area contributed by atoms with Gasteiger partial charge >= 0.3 is 0 Å². The number of aliphatic hydroxyl groups is 1. The third-order valence-corrected chi connectivity index (χ3v) is 4.13. The van der Waals surface area contributed by atoms with Crippen LogP contribution in [-0.2, 0) is 13.1 Å². The van der Waals surface area contributed by atoms with E-state index in [0.717, 1.165) is 28.6 Å². The second kappa shape index (κ2) is 8.74. The summed E-state index contributed by atoms with van der Waals surface area (Å²) in [5, 5.41) is 10.5. The van der Waals surface area contributed by atoms with Crippen molar-refractivity contribution in [3.8, 4) is 5.75 Å². The SMILES string of the molecule is Cc1ccc(CN(Cc2ccco2)C[C@@H](O)COc2ccccc2C)o1. The largest absolute Gasteiger partial charge is 0.491 e. The van der Waals surface area contributed by atoms with Gasteiger partial charge in [-0.15, -0.1) is 0 Å². The predicted molar refractivity (Wildman–Crippen MR) is 98.9 cm³/mol. The first-order valence-electron chi connectivity index (χ1n) is 8.76. The van der Waals surface area contributed by atoms with Gasteiger partial charge in [-0.2, -0.15) is 0 Å². The number of aliphatic hydroxyl groups excluding tert-OH is 1. The molecule has 0 saturated carbocycles. The van der Waals surface area contributed by atoms with Gasteiger partial charge in [0, 0.05) is 6.54 Å². The third-order valence-electron chi connectivity index (χ3n) is 4.13. The van der Waals surface area contributed by atoms with Gasteiger partial charge in [-0.05, 0) is 49.7 Å². The average molecular weight is 355 g/mol. The highest BCUT2D eigenvalue weighted by Gasteiger charge is 2.16. The van der Waals surface area contributed by atoms with Crippen LogP contribution in [0.15, 0.2) is 63.6 Å². The Morgan fingerprint density at radius 3 is 2.50 bits per heavy atom. The molecule has 26 heavy (non-hydrogen) atoms. The van der Waals surface area contributed by atoms with Crippen molar-refractivity contribution in [3.63, 3.8) is 0 Å². The van der Waals surface area contributed by atoms with Crippen LogP contribution in [-0.4, -0.2) is 29.3 Å². The fourth-order valence-corrected chi connectivity index (χ4v) is 2.85. The van der Waals surface area contributed by atoms with Crippen LogP contribution in [0.25, 0.3) is 0 Å². The van der Waals surface area contributed by atoms with Gasteiger partial charge < -0.3 is 18.7 Å². The van der Waals surface area contributed by atoms with Crippen molar-refractivity contribution in [1.29, 1.82) is 0 Å². The summed E-state index contributed by atoms with van der Waals surface area (Å²) in [6.45, 7) is 5.78. The highest BCUT2D eigenvalue weighted by molar-refractivity contribution is 5.31. The lowest BCUT2D eigenvalue weighted by atomic mass is 10.2. The number of hydrogen-bond donors (Lipinski definition) is 1.